The van der Waals surface area contributed by atoms with E-state index in [2.05, 4.69) is 10.3 Å². The molecule has 3 nitrogen and oxygen atoms in total. The molecule has 0 radical (unpaired) electrons. The van der Waals surface area contributed by atoms with E-state index in [4.69, 9.17) is 46.4 Å². The summed E-state index contributed by atoms with van der Waals surface area (Å²) < 4.78 is 0. The molecule has 29 heavy (non-hydrogen) atoms. The van der Waals surface area contributed by atoms with Gasteiger partial charge < -0.3 is 5.32 Å². The van der Waals surface area contributed by atoms with E-state index in [1.54, 1.807) is 42.5 Å². The highest BCUT2D eigenvalue weighted by Crippen LogP contribution is 2.34. The lowest BCUT2D eigenvalue weighted by Crippen LogP contribution is -2.14. The molecule has 0 saturated carbocycles. The molecular formula is C22H12Cl4N2O. The summed E-state index contributed by atoms with van der Waals surface area (Å²) in [5.41, 5.74) is 2.67. The van der Waals surface area contributed by atoms with Crippen LogP contribution in [0.4, 0.5) is 5.69 Å². The molecule has 0 aliphatic heterocycles. The van der Waals surface area contributed by atoms with Gasteiger partial charge in [0, 0.05) is 16.0 Å². The highest BCUT2D eigenvalue weighted by atomic mass is 35.5. The minimum atomic E-state index is -0.357. The topological polar surface area (TPSA) is 42.0 Å². The van der Waals surface area contributed by atoms with Crippen molar-refractivity contribution in [2.75, 3.05) is 5.32 Å². The number of pyridine rings is 1. The van der Waals surface area contributed by atoms with Crippen LogP contribution in [0.5, 0.6) is 0 Å². The molecule has 3 aromatic carbocycles. The zero-order chi connectivity index (χ0) is 20.5. The second-order valence-corrected chi connectivity index (χ2v) is 7.91. The summed E-state index contributed by atoms with van der Waals surface area (Å²) in [6.45, 7) is 0. The second kappa shape index (κ2) is 8.21. The Balaban J connectivity index is 1.86. The van der Waals surface area contributed by atoms with Crippen molar-refractivity contribution in [2.24, 2.45) is 0 Å². The molecule has 0 aliphatic rings. The molecule has 0 aliphatic carbocycles. The molecule has 0 unspecified atom stereocenters. The number of para-hydroxylation sites is 2. The first-order chi connectivity index (χ1) is 13.9. The van der Waals surface area contributed by atoms with Crippen LogP contribution in [0.15, 0.2) is 66.7 Å². The number of anilines is 1. The molecule has 0 fully saturated rings. The highest BCUT2D eigenvalue weighted by Gasteiger charge is 2.17. The van der Waals surface area contributed by atoms with Crippen LogP contribution in [-0.2, 0) is 0 Å². The van der Waals surface area contributed by atoms with Gasteiger partial charge in [-0.2, -0.15) is 0 Å². The average molecular weight is 462 g/mol. The van der Waals surface area contributed by atoms with Crippen LogP contribution in [-0.4, -0.2) is 10.9 Å². The lowest BCUT2D eigenvalue weighted by molar-refractivity contribution is 0.102. The SMILES string of the molecule is O=C(Nc1c(Cl)cccc1Cl)c1cc(-c2ccc(Cl)cc2Cl)nc2ccccc12. The van der Waals surface area contributed by atoms with Crippen LogP contribution >= 0.6 is 46.4 Å². The Kier molecular flexibility index (Phi) is 5.66. The van der Waals surface area contributed by atoms with Gasteiger partial charge in [-0.25, -0.2) is 4.98 Å². The van der Waals surface area contributed by atoms with Gasteiger partial charge in [0.05, 0.1) is 37.5 Å². The summed E-state index contributed by atoms with van der Waals surface area (Å²) in [4.78, 5) is 17.8. The zero-order valence-electron chi connectivity index (χ0n) is 14.7. The van der Waals surface area contributed by atoms with Crippen LogP contribution in [0.1, 0.15) is 10.4 Å². The Hall–Kier alpha value is -2.30. The lowest BCUT2D eigenvalue weighted by Gasteiger charge is -2.13. The van der Waals surface area contributed by atoms with Crippen molar-refractivity contribution < 1.29 is 4.79 Å². The maximum atomic E-state index is 13.1. The second-order valence-electron chi connectivity index (χ2n) is 6.25. The van der Waals surface area contributed by atoms with Gasteiger partial charge in [-0.3, -0.25) is 4.79 Å². The number of aromatic nitrogens is 1. The summed E-state index contributed by atoms with van der Waals surface area (Å²) in [6, 6.07) is 19.2. The van der Waals surface area contributed by atoms with E-state index in [9.17, 15) is 4.79 Å². The average Bonchev–Trinajstić information content (AvgIpc) is 2.70. The summed E-state index contributed by atoms with van der Waals surface area (Å²) in [7, 11) is 0. The highest BCUT2D eigenvalue weighted by molar-refractivity contribution is 6.40. The number of hydrogen-bond donors (Lipinski definition) is 1. The third-order valence-electron chi connectivity index (χ3n) is 4.37. The van der Waals surface area contributed by atoms with Crippen molar-refractivity contribution in [3.8, 4) is 11.3 Å². The van der Waals surface area contributed by atoms with Crippen LogP contribution in [0.25, 0.3) is 22.2 Å². The molecule has 4 aromatic rings. The summed E-state index contributed by atoms with van der Waals surface area (Å²) >= 11 is 24.8. The van der Waals surface area contributed by atoms with Crippen molar-refractivity contribution in [1.29, 1.82) is 0 Å². The maximum Gasteiger partial charge on any atom is 0.256 e. The molecule has 1 heterocycles. The van der Waals surface area contributed by atoms with Gasteiger partial charge >= 0.3 is 0 Å². The number of rotatable bonds is 3. The van der Waals surface area contributed by atoms with Gasteiger partial charge in [0.25, 0.3) is 5.91 Å². The Bertz CT molecular complexity index is 1240. The number of carbonyl (C=O) groups is 1. The molecule has 0 spiro atoms. The van der Waals surface area contributed by atoms with E-state index < -0.39 is 0 Å². The number of nitrogens with one attached hydrogen (secondary N) is 1. The first-order valence-electron chi connectivity index (χ1n) is 8.54. The number of nitrogens with zero attached hydrogens (tertiary/aromatic N) is 1. The van der Waals surface area contributed by atoms with Crippen molar-refractivity contribution in [3.63, 3.8) is 0 Å². The lowest BCUT2D eigenvalue weighted by atomic mass is 10.0. The molecule has 7 heteroatoms. The van der Waals surface area contributed by atoms with Crippen LogP contribution < -0.4 is 5.32 Å². The first kappa shape index (κ1) is 20.0. The fraction of sp³-hybridized carbons (Fsp3) is 0. The minimum absolute atomic E-state index is 0.352. The fourth-order valence-electron chi connectivity index (χ4n) is 3.00. The predicted molar refractivity (Wildman–Crippen MR) is 122 cm³/mol. The Morgan fingerprint density at radius 1 is 0.793 bits per heavy atom. The number of amides is 1. The van der Waals surface area contributed by atoms with E-state index in [1.807, 2.05) is 24.3 Å². The largest absolute Gasteiger partial charge is 0.319 e. The molecule has 4 rings (SSSR count). The molecule has 144 valence electrons. The third kappa shape index (κ3) is 4.05. The number of benzene rings is 3. The Morgan fingerprint density at radius 2 is 1.52 bits per heavy atom. The van der Waals surface area contributed by atoms with Gasteiger partial charge in [-0.05, 0) is 42.5 Å². The van der Waals surface area contributed by atoms with Crippen LogP contribution in [0.3, 0.4) is 0 Å². The van der Waals surface area contributed by atoms with Crippen molar-refractivity contribution in [3.05, 3.63) is 92.4 Å². The van der Waals surface area contributed by atoms with E-state index in [-0.39, 0.29) is 5.91 Å². The van der Waals surface area contributed by atoms with E-state index in [0.717, 1.165) is 0 Å². The Morgan fingerprint density at radius 3 is 2.24 bits per heavy atom. The van der Waals surface area contributed by atoms with Gasteiger partial charge in [-0.1, -0.05) is 70.7 Å². The van der Waals surface area contributed by atoms with Crippen LogP contribution in [0, 0.1) is 0 Å². The molecule has 0 atom stereocenters. The quantitative estimate of drug-likeness (QED) is 0.338. The Labute approximate surface area is 187 Å². The number of halogens is 4. The van der Waals surface area contributed by atoms with E-state index in [0.29, 0.717) is 53.5 Å². The molecule has 1 aromatic heterocycles. The maximum absolute atomic E-state index is 13.1. The summed E-state index contributed by atoms with van der Waals surface area (Å²) in [5, 5.41) is 5.17. The minimum Gasteiger partial charge on any atom is -0.319 e. The number of fused-ring (bicyclic) bond motifs is 1. The third-order valence-corrected chi connectivity index (χ3v) is 5.55. The predicted octanol–water partition coefficient (Wildman–Crippen LogP) is 7.77. The number of hydrogen-bond acceptors (Lipinski definition) is 2. The van der Waals surface area contributed by atoms with Gasteiger partial charge in [0.1, 0.15) is 0 Å². The number of carbonyl (C=O) groups excluding carboxylic acids is 1. The van der Waals surface area contributed by atoms with Gasteiger partial charge in [0.2, 0.25) is 0 Å². The normalized spacial score (nSPS) is 10.9. The van der Waals surface area contributed by atoms with Gasteiger partial charge in [0.15, 0.2) is 0 Å². The van der Waals surface area contributed by atoms with E-state index >= 15 is 0 Å². The molecule has 1 N–H and O–H groups in total. The van der Waals surface area contributed by atoms with E-state index in [1.165, 1.54) is 0 Å². The fourth-order valence-corrected chi connectivity index (χ4v) is 3.99. The standard InChI is InChI=1S/C22H12Cl4N2O/c23-12-8-9-14(18(26)10-12)20-11-15(13-4-1-2-7-19(13)27-20)22(29)28-21-16(24)5-3-6-17(21)25/h1-11H,(H,28,29). The smallest absolute Gasteiger partial charge is 0.256 e. The monoisotopic (exact) mass is 460 g/mol. The molecule has 1 amide bonds. The van der Waals surface area contributed by atoms with Crippen molar-refractivity contribution in [2.45, 2.75) is 0 Å². The van der Waals surface area contributed by atoms with Crippen molar-refractivity contribution >= 4 is 68.9 Å². The molecule has 0 saturated heterocycles. The van der Waals surface area contributed by atoms with Gasteiger partial charge in [-0.15, -0.1) is 0 Å². The summed E-state index contributed by atoms with van der Waals surface area (Å²) in [6.07, 6.45) is 0. The summed E-state index contributed by atoms with van der Waals surface area (Å²) in [5.74, 6) is -0.357. The first-order valence-corrected chi connectivity index (χ1v) is 10.1. The zero-order valence-corrected chi connectivity index (χ0v) is 17.7. The van der Waals surface area contributed by atoms with Crippen LogP contribution in [0.2, 0.25) is 20.1 Å². The molecule has 0 bridgehead atoms. The molecular weight excluding hydrogens is 450 g/mol. The van der Waals surface area contributed by atoms with Crippen molar-refractivity contribution in [1.82, 2.24) is 4.98 Å².